The quantitative estimate of drug-likeness (QED) is 0.633. The Balaban J connectivity index is 2.98. The minimum Gasteiger partial charge on any atom is -0.314 e. The number of benzene rings is 1. The van der Waals surface area contributed by atoms with Gasteiger partial charge in [-0.2, -0.15) is 0 Å². The first-order valence-corrected chi connectivity index (χ1v) is 3.59. The Morgan fingerprint density at radius 3 is 2.82 bits per heavy atom. The van der Waals surface area contributed by atoms with Crippen LogP contribution in [0.25, 0.3) is 0 Å². The minimum absolute atomic E-state index is 0.353. The van der Waals surface area contributed by atoms with E-state index in [1.807, 2.05) is 12.1 Å². The van der Waals surface area contributed by atoms with Crippen LogP contribution >= 0.6 is 11.6 Å². The first-order valence-electron chi connectivity index (χ1n) is 3.21. The van der Waals surface area contributed by atoms with Gasteiger partial charge in [-0.1, -0.05) is 29.7 Å². The van der Waals surface area contributed by atoms with Crippen LogP contribution in [0.1, 0.15) is 11.6 Å². The average Bonchev–Trinajstić information content (AvgIpc) is 2.03. The van der Waals surface area contributed by atoms with Gasteiger partial charge in [-0.25, -0.2) is 0 Å². The summed E-state index contributed by atoms with van der Waals surface area (Å²) in [6.07, 6.45) is 5.14. The first kappa shape index (κ1) is 8.13. The first-order chi connectivity index (χ1) is 5.24. The van der Waals surface area contributed by atoms with Crippen LogP contribution in [0.3, 0.4) is 0 Å². The van der Waals surface area contributed by atoms with Crippen molar-refractivity contribution in [3.63, 3.8) is 0 Å². The van der Waals surface area contributed by atoms with Gasteiger partial charge < -0.3 is 5.73 Å². The Hall–Kier alpha value is -0.970. The van der Waals surface area contributed by atoms with Crippen molar-refractivity contribution in [2.24, 2.45) is 5.73 Å². The van der Waals surface area contributed by atoms with E-state index in [1.165, 1.54) is 0 Å². The SMILES string of the molecule is C#C[C@@H](N)c1cccc(Cl)c1. The predicted molar refractivity (Wildman–Crippen MR) is 47.2 cm³/mol. The van der Waals surface area contributed by atoms with E-state index < -0.39 is 0 Å². The zero-order chi connectivity index (χ0) is 8.27. The third-order valence-corrected chi connectivity index (χ3v) is 1.62. The number of halogens is 1. The molecule has 0 aliphatic carbocycles. The summed E-state index contributed by atoms with van der Waals surface area (Å²) in [6, 6.07) is 6.89. The molecule has 11 heavy (non-hydrogen) atoms. The van der Waals surface area contributed by atoms with Crippen molar-refractivity contribution in [2.75, 3.05) is 0 Å². The fraction of sp³-hybridized carbons (Fsp3) is 0.111. The Morgan fingerprint density at radius 1 is 1.55 bits per heavy atom. The van der Waals surface area contributed by atoms with E-state index in [9.17, 15) is 0 Å². The lowest BCUT2D eigenvalue weighted by molar-refractivity contribution is 0.947. The highest BCUT2D eigenvalue weighted by molar-refractivity contribution is 6.30. The van der Waals surface area contributed by atoms with Gasteiger partial charge in [0.25, 0.3) is 0 Å². The van der Waals surface area contributed by atoms with Crippen LogP contribution in [0.15, 0.2) is 24.3 Å². The molecule has 2 N–H and O–H groups in total. The third kappa shape index (κ3) is 1.98. The number of hydrogen-bond donors (Lipinski definition) is 1. The molecule has 1 aromatic carbocycles. The van der Waals surface area contributed by atoms with Crippen molar-refractivity contribution in [1.29, 1.82) is 0 Å². The zero-order valence-electron chi connectivity index (χ0n) is 5.92. The summed E-state index contributed by atoms with van der Waals surface area (Å²) in [6.45, 7) is 0. The second kappa shape index (κ2) is 3.43. The molecule has 0 radical (unpaired) electrons. The van der Waals surface area contributed by atoms with E-state index in [0.29, 0.717) is 5.02 Å². The number of nitrogens with two attached hydrogens (primary N) is 1. The van der Waals surface area contributed by atoms with Crippen molar-refractivity contribution in [3.05, 3.63) is 34.9 Å². The Kier molecular flexibility index (Phi) is 2.53. The predicted octanol–water partition coefficient (Wildman–Crippen LogP) is 1.97. The molecule has 1 aromatic rings. The van der Waals surface area contributed by atoms with E-state index in [1.54, 1.807) is 12.1 Å². The lowest BCUT2D eigenvalue weighted by Gasteiger charge is -2.03. The summed E-state index contributed by atoms with van der Waals surface area (Å²) in [5.74, 6) is 2.43. The van der Waals surface area contributed by atoms with E-state index in [2.05, 4.69) is 5.92 Å². The van der Waals surface area contributed by atoms with Crippen LogP contribution in [-0.2, 0) is 0 Å². The molecule has 0 amide bonds. The molecule has 1 rings (SSSR count). The fourth-order valence-corrected chi connectivity index (χ4v) is 0.995. The van der Waals surface area contributed by atoms with Gasteiger partial charge >= 0.3 is 0 Å². The molecule has 1 nitrogen and oxygen atoms in total. The van der Waals surface area contributed by atoms with Crippen LogP contribution in [0.5, 0.6) is 0 Å². The Morgan fingerprint density at radius 2 is 2.27 bits per heavy atom. The van der Waals surface area contributed by atoms with E-state index in [4.69, 9.17) is 23.8 Å². The van der Waals surface area contributed by atoms with Gasteiger partial charge in [-0.05, 0) is 17.7 Å². The molecule has 0 heterocycles. The third-order valence-electron chi connectivity index (χ3n) is 1.39. The summed E-state index contributed by atoms with van der Waals surface area (Å²) in [5, 5.41) is 0.660. The average molecular weight is 166 g/mol. The molecule has 0 aliphatic rings. The molecule has 0 unspecified atom stereocenters. The lowest BCUT2D eigenvalue weighted by Crippen LogP contribution is -2.06. The number of rotatable bonds is 1. The van der Waals surface area contributed by atoms with Crippen LogP contribution in [-0.4, -0.2) is 0 Å². The van der Waals surface area contributed by atoms with Gasteiger partial charge in [-0.15, -0.1) is 6.42 Å². The minimum atomic E-state index is -0.353. The highest BCUT2D eigenvalue weighted by Gasteiger charge is 2.00. The van der Waals surface area contributed by atoms with Gasteiger partial charge in [0.2, 0.25) is 0 Å². The van der Waals surface area contributed by atoms with Gasteiger partial charge in [0, 0.05) is 5.02 Å². The van der Waals surface area contributed by atoms with Gasteiger partial charge in [-0.3, -0.25) is 0 Å². The molecule has 2 heteroatoms. The molecule has 0 aromatic heterocycles. The van der Waals surface area contributed by atoms with E-state index in [-0.39, 0.29) is 6.04 Å². The maximum atomic E-state index is 5.72. The van der Waals surface area contributed by atoms with Crippen molar-refractivity contribution in [3.8, 4) is 12.3 Å². The molecule has 0 saturated carbocycles. The van der Waals surface area contributed by atoms with Gasteiger partial charge in [0.15, 0.2) is 0 Å². The molecule has 1 atom stereocenters. The number of hydrogen-bond acceptors (Lipinski definition) is 1. The molecular weight excluding hydrogens is 158 g/mol. The van der Waals surface area contributed by atoms with Gasteiger partial charge in [0.1, 0.15) is 0 Å². The van der Waals surface area contributed by atoms with Crippen molar-refractivity contribution in [2.45, 2.75) is 6.04 Å². The van der Waals surface area contributed by atoms with E-state index >= 15 is 0 Å². The normalized spacial score (nSPS) is 12.1. The standard InChI is InChI=1S/C9H8ClN/c1-2-9(11)7-4-3-5-8(10)6-7/h1,3-6,9H,11H2/t9-/m1/s1. The largest absolute Gasteiger partial charge is 0.314 e. The Bertz CT molecular complexity index is 288. The zero-order valence-corrected chi connectivity index (χ0v) is 6.68. The molecule has 0 aliphatic heterocycles. The van der Waals surface area contributed by atoms with Crippen LogP contribution < -0.4 is 5.73 Å². The molecule has 0 spiro atoms. The molecule has 0 saturated heterocycles. The molecule has 0 bridgehead atoms. The summed E-state index contributed by atoms with van der Waals surface area (Å²) in [5.41, 5.74) is 6.44. The smallest absolute Gasteiger partial charge is 0.0918 e. The van der Waals surface area contributed by atoms with Crippen LogP contribution in [0.2, 0.25) is 5.02 Å². The Labute approximate surface area is 71.2 Å². The molecule has 0 fully saturated rings. The number of terminal acetylenes is 1. The summed E-state index contributed by atoms with van der Waals surface area (Å²) in [7, 11) is 0. The molecular formula is C9H8ClN. The monoisotopic (exact) mass is 165 g/mol. The summed E-state index contributed by atoms with van der Waals surface area (Å²) >= 11 is 5.72. The maximum absolute atomic E-state index is 5.72. The van der Waals surface area contributed by atoms with Crippen molar-refractivity contribution < 1.29 is 0 Å². The summed E-state index contributed by atoms with van der Waals surface area (Å²) in [4.78, 5) is 0. The summed E-state index contributed by atoms with van der Waals surface area (Å²) < 4.78 is 0. The second-order valence-electron chi connectivity index (χ2n) is 2.20. The maximum Gasteiger partial charge on any atom is 0.0918 e. The topological polar surface area (TPSA) is 26.0 Å². The second-order valence-corrected chi connectivity index (χ2v) is 2.64. The van der Waals surface area contributed by atoms with Crippen molar-refractivity contribution in [1.82, 2.24) is 0 Å². The lowest BCUT2D eigenvalue weighted by atomic mass is 10.1. The van der Waals surface area contributed by atoms with Gasteiger partial charge in [0.05, 0.1) is 6.04 Å². The van der Waals surface area contributed by atoms with E-state index in [0.717, 1.165) is 5.56 Å². The fourth-order valence-electron chi connectivity index (χ4n) is 0.796. The van der Waals surface area contributed by atoms with Crippen molar-refractivity contribution >= 4 is 11.6 Å². The van der Waals surface area contributed by atoms with Crippen LogP contribution in [0.4, 0.5) is 0 Å². The molecule has 56 valence electrons. The van der Waals surface area contributed by atoms with Crippen LogP contribution in [0, 0.1) is 12.3 Å². The highest BCUT2D eigenvalue weighted by Crippen LogP contribution is 2.14. The highest BCUT2D eigenvalue weighted by atomic mass is 35.5.